The molecule has 0 unspecified atom stereocenters. The second kappa shape index (κ2) is 14.2. The second-order valence-electron chi connectivity index (χ2n) is 9.01. The number of amides is 1. The van der Waals surface area contributed by atoms with Crippen LogP contribution in [0.15, 0.2) is 93.8 Å². The lowest BCUT2D eigenvalue weighted by atomic mass is 10.1. The molecule has 1 heterocycles. The van der Waals surface area contributed by atoms with E-state index in [0.29, 0.717) is 42.2 Å². The van der Waals surface area contributed by atoms with E-state index in [1.165, 1.54) is 17.6 Å². The number of aromatic nitrogens is 1. The molecule has 12 heteroatoms. The molecule has 43 heavy (non-hydrogen) atoms. The maximum absolute atomic E-state index is 12.7. The fourth-order valence-corrected chi connectivity index (χ4v) is 5.46. The third-order valence-corrected chi connectivity index (χ3v) is 8.51. The first-order chi connectivity index (χ1) is 20.8. The minimum Gasteiger partial charge on any atom is -0.493 e. The molecule has 0 aliphatic heterocycles. The third kappa shape index (κ3) is 8.07. The zero-order valence-corrected chi connectivity index (χ0v) is 27.1. The van der Waals surface area contributed by atoms with E-state index in [2.05, 4.69) is 36.8 Å². The molecule has 218 valence electrons. The predicted octanol–water partition coefficient (Wildman–Crippen LogP) is 9.63. The molecule has 1 aromatic heterocycles. The van der Waals surface area contributed by atoms with E-state index in [0.717, 1.165) is 27.6 Å². The Labute approximate surface area is 275 Å². The van der Waals surface area contributed by atoms with Gasteiger partial charge in [-0.25, -0.2) is 10.4 Å². The summed E-state index contributed by atoms with van der Waals surface area (Å²) in [5.74, 6) is 0.672. The molecule has 0 spiro atoms. The van der Waals surface area contributed by atoms with Crippen LogP contribution in [0.1, 0.15) is 21.5 Å². The van der Waals surface area contributed by atoms with E-state index in [9.17, 15) is 4.79 Å². The number of carbonyl (C=O) groups is 1. The number of hydrogen-bond acceptors (Lipinski definition) is 7. The van der Waals surface area contributed by atoms with Crippen molar-refractivity contribution in [2.24, 2.45) is 5.10 Å². The van der Waals surface area contributed by atoms with Gasteiger partial charge in [0.15, 0.2) is 16.6 Å². The number of benzene rings is 4. The van der Waals surface area contributed by atoms with Crippen LogP contribution in [-0.2, 0) is 6.61 Å². The zero-order chi connectivity index (χ0) is 30.3. The van der Waals surface area contributed by atoms with Gasteiger partial charge in [0.05, 0.1) is 29.1 Å². The lowest BCUT2D eigenvalue weighted by Gasteiger charge is -2.13. The highest BCUT2D eigenvalue weighted by atomic mass is 79.9. The quantitative estimate of drug-likeness (QED) is 0.111. The number of nitrogens with one attached hydrogen (secondary N) is 2. The molecule has 0 atom stereocenters. The third-order valence-electron chi connectivity index (χ3n) is 6.07. The van der Waals surface area contributed by atoms with Crippen LogP contribution >= 0.6 is 62.1 Å². The van der Waals surface area contributed by atoms with Gasteiger partial charge in [0, 0.05) is 37.3 Å². The van der Waals surface area contributed by atoms with Gasteiger partial charge in [0.1, 0.15) is 6.61 Å². The van der Waals surface area contributed by atoms with Crippen molar-refractivity contribution in [2.45, 2.75) is 6.61 Å². The van der Waals surface area contributed by atoms with E-state index in [1.807, 2.05) is 47.8 Å². The smallest absolute Gasteiger partial charge is 0.271 e. The van der Waals surface area contributed by atoms with Crippen molar-refractivity contribution in [1.82, 2.24) is 10.4 Å². The van der Waals surface area contributed by atoms with Crippen LogP contribution in [0, 0.1) is 0 Å². The van der Waals surface area contributed by atoms with Crippen LogP contribution in [0.4, 0.5) is 10.8 Å². The first kappa shape index (κ1) is 30.8. The fraction of sp³-hybridized carbons (Fsp3) is 0.0645. The van der Waals surface area contributed by atoms with Gasteiger partial charge >= 0.3 is 0 Å². The van der Waals surface area contributed by atoms with Gasteiger partial charge in [0.25, 0.3) is 5.91 Å². The molecule has 0 radical (unpaired) electrons. The van der Waals surface area contributed by atoms with Crippen LogP contribution in [-0.4, -0.2) is 24.2 Å². The first-order valence-corrected chi connectivity index (χ1v) is 15.5. The Kier molecular flexibility index (Phi) is 10.2. The summed E-state index contributed by atoms with van der Waals surface area (Å²) >= 11 is 23.1. The number of rotatable bonds is 10. The Hall–Kier alpha value is -3.60. The Balaban J connectivity index is 1.18. The van der Waals surface area contributed by atoms with Crippen LogP contribution in [0.5, 0.6) is 11.5 Å². The van der Waals surface area contributed by atoms with Gasteiger partial charge in [0.2, 0.25) is 0 Å². The van der Waals surface area contributed by atoms with Crippen molar-refractivity contribution >= 4 is 85.0 Å². The van der Waals surface area contributed by atoms with Crippen LogP contribution in [0.2, 0.25) is 15.1 Å². The average molecular weight is 717 g/mol. The van der Waals surface area contributed by atoms with Crippen LogP contribution in [0.3, 0.4) is 0 Å². The number of methoxy groups -OCH3 is 1. The summed E-state index contributed by atoms with van der Waals surface area (Å²) in [6.07, 6.45) is 1.52. The van der Waals surface area contributed by atoms with E-state index >= 15 is 0 Å². The molecule has 0 bridgehead atoms. The lowest BCUT2D eigenvalue weighted by Crippen LogP contribution is -2.17. The summed E-state index contributed by atoms with van der Waals surface area (Å²) in [5, 5.41) is 11.7. The highest BCUT2D eigenvalue weighted by molar-refractivity contribution is 9.10. The highest BCUT2D eigenvalue weighted by Crippen LogP contribution is 2.34. The molecule has 0 fully saturated rings. The largest absolute Gasteiger partial charge is 0.493 e. The molecule has 5 aromatic rings. The van der Waals surface area contributed by atoms with Gasteiger partial charge in [-0.05, 0) is 82.2 Å². The molecular formula is C31H22BrCl3N4O3S. The Morgan fingerprint density at radius 2 is 1.74 bits per heavy atom. The number of hydrazone groups is 1. The highest BCUT2D eigenvalue weighted by Gasteiger charge is 2.12. The van der Waals surface area contributed by atoms with Crippen LogP contribution in [0.25, 0.3) is 11.3 Å². The molecule has 1 amide bonds. The fourth-order valence-electron chi connectivity index (χ4n) is 3.85. The maximum Gasteiger partial charge on any atom is 0.271 e. The SMILES string of the molecule is COc1cc(/C=N\NC(=O)c2ccc(-c3csc(Nc4ccc(Cl)cc4)n3)cc2)c(Br)cc1OCc1ccc(Cl)c(Cl)c1. The van der Waals surface area contributed by atoms with Crippen molar-refractivity contribution < 1.29 is 14.3 Å². The van der Waals surface area contributed by atoms with E-state index in [1.54, 1.807) is 43.5 Å². The molecule has 0 aliphatic rings. The summed E-state index contributed by atoms with van der Waals surface area (Å²) in [4.78, 5) is 17.3. The summed E-state index contributed by atoms with van der Waals surface area (Å²) in [6.45, 7) is 0.270. The van der Waals surface area contributed by atoms with Crippen molar-refractivity contribution in [2.75, 3.05) is 12.4 Å². The molecule has 5 rings (SSSR count). The molecule has 2 N–H and O–H groups in total. The Morgan fingerprint density at radius 3 is 2.47 bits per heavy atom. The number of halogens is 4. The molecule has 0 aliphatic carbocycles. The molecule has 0 saturated heterocycles. The molecular weight excluding hydrogens is 695 g/mol. The van der Waals surface area contributed by atoms with E-state index in [4.69, 9.17) is 44.3 Å². The van der Waals surface area contributed by atoms with Crippen LogP contribution < -0.4 is 20.2 Å². The van der Waals surface area contributed by atoms with Gasteiger partial charge < -0.3 is 14.8 Å². The summed E-state index contributed by atoms with van der Waals surface area (Å²) in [5.41, 5.74) is 7.14. The normalized spacial score (nSPS) is 11.0. The number of ether oxygens (including phenoxy) is 2. The number of hydrogen-bond donors (Lipinski definition) is 2. The first-order valence-electron chi connectivity index (χ1n) is 12.7. The van der Waals surface area contributed by atoms with Crippen molar-refractivity contribution in [3.8, 4) is 22.8 Å². The van der Waals surface area contributed by atoms with Gasteiger partial charge in [-0.1, -0.05) is 53.0 Å². The van der Waals surface area contributed by atoms with Gasteiger partial charge in [-0.15, -0.1) is 11.3 Å². The van der Waals surface area contributed by atoms with Crippen molar-refractivity contribution in [1.29, 1.82) is 0 Å². The van der Waals surface area contributed by atoms with E-state index < -0.39 is 0 Å². The monoisotopic (exact) mass is 714 g/mol. The number of anilines is 2. The maximum atomic E-state index is 12.7. The van der Waals surface area contributed by atoms with Gasteiger partial charge in [-0.2, -0.15) is 5.10 Å². The number of thiazole rings is 1. The summed E-state index contributed by atoms with van der Waals surface area (Å²) in [6, 6.07) is 23.4. The summed E-state index contributed by atoms with van der Waals surface area (Å²) in [7, 11) is 1.55. The Bertz CT molecular complexity index is 1780. The standard InChI is InChI=1S/C31H22BrCl3N4O3S/c1-41-28-13-21(24(32)14-29(28)42-16-18-2-11-25(34)26(35)12-18)15-36-39-30(40)20-5-3-19(4-6-20)27-17-43-31(38-27)37-23-9-7-22(33)8-10-23/h2-15,17H,16H2,1H3,(H,37,38)(H,39,40)/b36-15-. The van der Waals surface area contributed by atoms with E-state index in [-0.39, 0.29) is 12.5 Å². The number of carbonyl (C=O) groups excluding carboxylic acids is 1. The second-order valence-corrected chi connectivity index (χ2v) is 12.0. The average Bonchev–Trinajstić information content (AvgIpc) is 3.48. The van der Waals surface area contributed by atoms with Gasteiger partial charge in [-0.3, -0.25) is 4.79 Å². The lowest BCUT2D eigenvalue weighted by molar-refractivity contribution is 0.0955. The van der Waals surface area contributed by atoms with Crippen molar-refractivity contribution in [3.63, 3.8) is 0 Å². The molecule has 7 nitrogen and oxygen atoms in total. The zero-order valence-electron chi connectivity index (χ0n) is 22.4. The summed E-state index contributed by atoms with van der Waals surface area (Å²) < 4.78 is 12.1. The predicted molar refractivity (Wildman–Crippen MR) is 179 cm³/mol. The molecule has 4 aromatic carbocycles. The minimum atomic E-state index is -0.351. The Morgan fingerprint density at radius 1 is 0.977 bits per heavy atom. The van der Waals surface area contributed by atoms with Crippen molar-refractivity contribution in [3.05, 3.63) is 120 Å². The minimum absolute atomic E-state index is 0.270. The number of nitrogens with zero attached hydrogens (tertiary/aromatic N) is 2. The molecule has 0 saturated carbocycles. The topological polar surface area (TPSA) is 84.8 Å².